The summed E-state index contributed by atoms with van der Waals surface area (Å²) in [7, 11) is 0. The third-order valence-electron chi connectivity index (χ3n) is 3.64. The molecule has 1 nitrogen and oxygen atoms in total. The van der Waals surface area contributed by atoms with Gasteiger partial charge in [0.25, 0.3) is 0 Å². The van der Waals surface area contributed by atoms with Gasteiger partial charge in [0.05, 0.1) is 0 Å². The Morgan fingerprint density at radius 1 is 0.842 bits per heavy atom. The molecule has 0 fully saturated rings. The maximum absolute atomic E-state index is 5.65. The van der Waals surface area contributed by atoms with Gasteiger partial charge >= 0.3 is 0 Å². The summed E-state index contributed by atoms with van der Waals surface area (Å²) in [5.74, 6) is 0. The highest BCUT2D eigenvalue weighted by molar-refractivity contribution is 5.06. The van der Waals surface area contributed by atoms with E-state index < -0.39 is 0 Å². The molecule has 0 bridgehead atoms. The minimum atomic E-state index is 0.695. The Labute approximate surface area is 121 Å². The van der Waals surface area contributed by atoms with Crippen LogP contribution in [0.25, 0.3) is 0 Å². The van der Waals surface area contributed by atoms with E-state index in [1.165, 1.54) is 64.2 Å². The molecule has 0 aromatic carbocycles. The highest BCUT2D eigenvalue weighted by atomic mass is 14.5. The number of rotatable bonds is 12. The van der Waals surface area contributed by atoms with Gasteiger partial charge in [-0.05, 0) is 45.4 Å². The lowest BCUT2D eigenvalue weighted by molar-refractivity contribution is 0.691. The Morgan fingerprint density at radius 3 is 2.05 bits per heavy atom. The van der Waals surface area contributed by atoms with Crippen molar-refractivity contribution in [1.29, 1.82) is 0 Å². The van der Waals surface area contributed by atoms with Crippen LogP contribution in [0.4, 0.5) is 0 Å². The van der Waals surface area contributed by atoms with Gasteiger partial charge in [-0.2, -0.15) is 0 Å². The first-order valence-electron chi connectivity index (χ1n) is 8.28. The molecule has 0 aromatic rings. The lowest BCUT2D eigenvalue weighted by Gasteiger charge is -2.06. The molecule has 0 spiro atoms. The zero-order valence-electron chi connectivity index (χ0n) is 13.5. The lowest BCUT2D eigenvalue weighted by Crippen LogP contribution is -1.96. The molecular weight excluding hydrogens is 230 g/mol. The molecule has 0 aromatic heterocycles. The van der Waals surface area contributed by atoms with Crippen LogP contribution in [0.2, 0.25) is 0 Å². The van der Waals surface area contributed by atoms with E-state index in [-0.39, 0.29) is 0 Å². The van der Waals surface area contributed by atoms with Crippen molar-refractivity contribution in [2.75, 3.05) is 6.54 Å². The number of nitrogens with two attached hydrogens (primary N) is 1. The van der Waals surface area contributed by atoms with Crippen LogP contribution < -0.4 is 5.73 Å². The highest BCUT2D eigenvalue weighted by Gasteiger charge is 1.97. The Kier molecular flexibility index (Phi) is 13.5. The van der Waals surface area contributed by atoms with Crippen LogP contribution in [0.1, 0.15) is 85.0 Å². The van der Waals surface area contributed by atoms with E-state index in [2.05, 4.69) is 32.9 Å². The fourth-order valence-electron chi connectivity index (χ4n) is 2.36. The Morgan fingerprint density at radius 2 is 1.47 bits per heavy atom. The second kappa shape index (κ2) is 13.9. The first kappa shape index (κ1) is 18.4. The summed E-state index contributed by atoms with van der Waals surface area (Å²) in [5, 5.41) is 0. The van der Waals surface area contributed by atoms with Crippen LogP contribution in [-0.4, -0.2) is 6.54 Å². The van der Waals surface area contributed by atoms with Gasteiger partial charge in [0, 0.05) is 6.54 Å². The molecule has 0 aliphatic rings. The average molecular weight is 265 g/mol. The van der Waals surface area contributed by atoms with Crippen molar-refractivity contribution in [2.24, 2.45) is 5.73 Å². The van der Waals surface area contributed by atoms with Gasteiger partial charge in [0.1, 0.15) is 0 Å². The quantitative estimate of drug-likeness (QED) is 0.352. The SMILES string of the molecule is CCCCC/C(C)=C\CC/C(=C/CN)CCCCC. The van der Waals surface area contributed by atoms with Crippen LogP contribution in [0.15, 0.2) is 23.3 Å². The van der Waals surface area contributed by atoms with E-state index in [0.29, 0.717) is 6.54 Å². The fraction of sp³-hybridized carbons (Fsp3) is 0.778. The monoisotopic (exact) mass is 265 g/mol. The van der Waals surface area contributed by atoms with Gasteiger partial charge in [-0.1, -0.05) is 62.8 Å². The summed E-state index contributed by atoms with van der Waals surface area (Å²) >= 11 is 0. The van der Waals surface area contributed by atoms with Crippen molar-refractivity contribution in [3.8, 4) is 0 Å². The largest absolute Gasteiger partial charge is 0.327 e. The molecule has 0 rings (SSSR count). The molecule has 0 aliphatic carbocycles. The second-order valence-corrected chi connectivity index (χ2v) is 5.60. The zero-order chi connectivity index (χ0) is 14.3. The average Bonchev–Trinajstić information content (AvgIpc) is 2.39. The van der Waals surface area contributed by atoms with Gasteiger partial charge in [0.2, 0.25) is 0 Å². The van der Waals surface area contributed by atoms with Crippen LogP contribution in [0.5, 0.6) is 0 Å². The van der Waals surface area contributed by atoms with Crippen molar-refractivity contribution < 1.29 is 0 Å². The summed E-state index contributed by atoms with van der Waals surface area (Å²) < 4.78 is 0. The molecule has 0 heterocycles. The summed E-state index contributed by atoms with van der Waals surface area (Å²) in [5.41, 5.74) is 8.78. The van der Waals surface area contributed by atoms with Gasteiger partial charge < -0.3 is 5.73 Å². The van der Waals surface area contributed by atoms with Crippen molar-refractivity contribution in [3.05, 3.63) is 23.3 Å². The van der Waals surface area contributed by atoms with E-state index in [1.807, 2.05) is 0 Å². The summed E-state index contributed by atoms with van der Waals surface area (Å²) in [6, 6.07) is 0. The first-order chi connectivity index (χ1) is 9.24. The van der Waals surface area contributed by atoms with E-state index in [1.54, 1.807) is 11.1 Å². The van der Waals surface area contributed by atoms with Crippen molar-refractivity contribution in [1.82, 2.24) is 0 Å². The molecule has 2 N–H and O–H groups in total. The molecule has 112 valence electrons. The standard InChI is InChI=1S/C18H35N/c1-4-6-8-11-17(3)12-10-14-18(15-16-19)13-9-7-5-2/h12,15H,4-11,13-14,16,19H2,1-3H3/b17-12-,18-15+. The number of hydrogen-bond acceptors (Lipinski definition) is 1. The topological polar surface area (TPSA) is 26.0 Å². The lowest BCUT2D eigenvalue weighted by atomic mass is 10.0. The van der Waals surface area contributed by atoms with E-state index in [9.17, 15) is 0 Å². The maximum atomic E-state index is 5.65. The van der Waals surface area contributed by atoms with Gasteiger partial charge in [-0.25, -0.2) is 0 Å². The van der Waals surface area contributed by atoms with Crippen molar-refractivity contribution in [3.63, 3.8) is 0 Å². The predicted molar refractivity (Wildman–Crippen MR) is 88.4 cm³/mol. The molecule has 1 heteroatoms. The molecule has 0 atom stereocenters. The van der Waals surface area contributed by atoms with Crippen molar-refractivity contribution >= 4 is 0 Å². The fourth-order valence-corrected chi connectivity index (χ4v) is 2.36. The van der Waals surface area contributed by atoms with Crippen LogP contribution >= 0.6 is 0 Å². The molecular formula is C18H35N. The van der Waals surface area contributed by atoms with Crippen LogP contribution in [0, 0.1) is 0 Å². The minimum Gasteiger partial charge on any atom is -0.327 e. The summed E-state index contributed by atoms with van der Waals surface area (Å²) in [6.07, 6.45) is 17.6. The van der Waals surface area contributed by atoms with E-state index in [4.69, 9.17) is 5.73 Å². The molecule has 0 aliphatic heterocycles. The molecule has 0 radical (unpaired) electrons. The zero-order valence-corrected chi connectivity index (χ0v) is 13.5. The predicted octanol–water partition coefficient (Wildman–Crippen LogP) is 5.76. The molecule has 0 amide bonds. The van der Waals surface area contributed by atoms with Gasteiger partial charge in [-0.3, -0.25) is 0 Å². The van der Waals surface area contributed by atoms with E-state index >= 15 is 0 Å². The van der Waals surface area contributed by atoms with Crippen LogP contribution in [0.3, 0.4) is 0 Å². The first-order valence-corrected chi connectivity index (χ1v) is 8.28. The maximum Gasteiger partial charge on any atom is 0.0109 e. The third-order valence-corrected chi connectivity index (χ3v) is 3.64. The number of hydrogen-bond donors (Lipinski definition) is 1. The van der Waals surface area contributed by atoms with Gasteiger partial charge in [-0.15, -0.1) is 0 Å². The normalized spacial score (nSPS) is 13.1. The summed E-state index contributed by atoms with van der Waals surface area (Å²) in [6.45, 7) is 7.49. The molecule has 0 saturated carbocycles. The van der Waals surface area contributed by atoms with E-state index in [0.717, 1.165) is 0 Å². The highest BCUT2D eigenvalue weighted by Crippen LogP contribution is 2.16. The van der Waals surface area contributed by atoms with Gasteiger partial charge in [0.15, 0.2) is 0 Å². The van der Waals surface area contributed by atoms with Crippen molar-refractivity contribution in [2.45, 2.75) is 85.0 Å². The third kappa shape index (κ3) is 12.2. The summed E-state index contributed by atoms with van der Waals surface area (Å²) in [4.78, 5) is 0. The molecule has 0 unspecified atom stereocenters. The Bertz CT molecular complexity index is 250. The molecule has 19 heavy (non-hydrogen) atoms. The number of unbranched alkanes of at least 4 members (excludes halogenated alkanes) is 4. The van der Waals surface area contributed by atoms with Crippen LogP contribution in [-0.2, 0) is 0 Å². The second-order valence-electron chi connectivity index (χ2n) is 5.60. The molecule has 0 saturated heterocycles. The number of allylic oxidation sites excluding steroid dienone is 3. The minimum absolute atomic E-state index is 0.695. The Balaban J connectivity index is 3.90. The smallest absolute Gasteiger partial charge is 0.0109 e. The Hall–Kier alpha value is -0.560.